The van der Waals surface area contributed by atoms with Gasteiger partial charge in [-0.25, -0.2) is 13.4 Å². The van der Waals surface area contributed by atoms with Crippen LogP contribution in [-0.2, 0) is 23.5 Å². The fourth-order valence-electron chi connectivity index (χ4n) is 2.04. The summed E-state index contributed by atoms with van der Waals surface area (Å²) < 4.78 is 28.1. The summed E-state index contributed by atoms with van der Waals surface area (Å²) in [7, 11) is -2.00. The number of imidazole rings is 1. The van der Waals surface area contributed by atoms with Crippen LogP contribution in [0.2, 0.25) is 5.15 Å². The number of aryl methyl sites for hydroxylation is 1. The Morgan fingerprint density at radius 3 is 2.48 bits per heavy atom. The van der Waals surface area contributed by atoms with Gasteiger partial charge in [0.15, 0.2) is 0 Å². The number of nitrogens with zero attached hydrogens (tertiary/aromatic N) is 3. The van der Waals surface area contributed by atoms with Crippen LogP contribution in [0.25, 0.3) is 0 Å². The van der Waals surface area contributed by atoms with Crippen molar-refractivity contribution in [3.8, 4) is 0 Å². The van der Waals surface area contributed by atoms with Crippen molar-refractivity contribution in [2.24, 2.45) is 7.05 Å². The second-order valence-electron chi connectivity index (χ2n) is 4.68. The summed E-state index contributed by atoms with van der Waals surface area (Å²) in [4.78, 5) is 3.91. The van der Waals surface area contributed by atoms with Crippen molar-refractivity contribution in [1.29, 1.82) is 0 Å². The van der Waals surface area contributed by atoms with Crippen molar-refractivity contribution in [2.75, 3.05) is 13.1 Å². The molecule has 0 bridgehead atoms. The van der Waals surface area contributed by atoms with Crippen LogP contribution in [0.4, 0.5) is 0 Å². The summed E-state index contributed by atoms with van der Waals surface area (Å²) in [6.45, 7) is 2.58. The zero-order valence-electron chi connectivity index (χ0n) is 12.0. The predicted octanol–water partition coefficient (Wildman–Crippen LogP) is 2.33. The lowest BCUT2D eigenvalue weighted by Crippen LogP contribution is -2.33. The van der Waals surface area contributed by atoms with Gasteiger partial charge in [-0.15, -0.1) is 0 Å². The maximum Gasteiger partial charge on any atom is 0.263 e. The lowest BCUT2D eigenvalue weighted by atomic mass is 10.1. The molecule has 7 heteroatoms. The number of aromatic nitrogens is 2. The average Bonchev–Trinajstić information content (AvgIpc) is 2.81. The largest absolute Gasteiger partial charge is 0.324 e. The number of hydrogen-bond acceptors (Lipinski definition) is 3. The highest BCUT2D eigenvalue weighted by Crippen LogP contribution is 2.22. The van der Waals surface area contributed by atoms with Crippen LogP contribution >= 0.6 is 11.6 Å². The molecule has 1 heterocycles. The molecule has 114 valence electrons. The molecule has 0 aliphatic carbocycles. The molecule has 0 amide bonds. The molecule has 5 nitrogen and oxygen atoms in total. The van der Waals surface area contributed by atoms with Gasteiger partial charge in [0.25, 0.3) is 10.0 Å². The van der Waals surface area contributed by atoms with E-state index in [1.807, 2.05) is 30.3 Å². The van der Waals surface area contributed by atoms with Crippen molar-refractivity contribution in [3.05, 3.63) is 47.4 Å². The van der Waals surface area contributed by atoms with E-state index in [1.165, 1.54) is 15.2 Å². The second kappa shape index (κ2) is 6.60. The van der Waals surface area contributed by atoms with Crippen molar-refractivity contribution in [1.82, 2.24) is 13.9 Å². The van der Waals surface area contributed by atoms with Crippen LogP contribution in [0.3, 0.4) is 0 Å². The first-order valence-corrected chi connectivity index (χ1v) is 8.49. The Kier molecular flexibility index (Phi) is 5.03. The van der Waals surface area contributed by atoms with E-state index in [2.05, 4.69) is 4.98 Å². The first-order chi connectivity index (χ1) is 9.96. The van der Waals surface area contributed by atoms with Crippen LogP contribution in [-0.4, -0.2) is 35.4 Å². The minimum Gasteiger partial charge on any atom is -0.324 e. The van der Waals surface area contributed by atoms with Gasteiger partial charge in [-0.05, 0) is 12.0 Å². The lowest BCUT2D eigenvalue weighted by molar-refractivity contribution is 0.429. The van der Waals surface area contributed by atoms with E-state index < -0.39 is 10.0 Å². The zero-order chi connectivity index (χ0) is 15.5. The minimum atomic E-state index is -3.66. The van der Waals surface area contributed by atoms with Gasteiger partial charge in [0.05, 0.1) is 6.33 Å². The number of halogens is 1. The maximum atomic E-state index is 12.6. The third-order valence-electron chi connectivity index (χ3n) is 3.26. The Balaban J connectivity index is 2.18. The molecular formula is C14H18ClN3O2S. The smallest absolute Gasteiger partial charge is 0.263 e. The van der Waals surface area contributed by atoms with Gasteiger partial charge in [-0.2, -0.15) is 4.31 Å². The van der Waals surface area contributed by atoms with E-state index >= 15 is 0 Å². The molecule has 0 aliphatic rings. The minimum absolute atomic E-state index is 0.0819. The molecule has 0 spiro atoms. The van der Waals surface area contributed by atoms with Gasteiger partial charge in [-0.3, -0.25) is 0 Å². The summed E-state index contributed by atoms with van der Waals surface area (Å²) >= 11 is 6.01. The zero-order valence-corrected chi connectivity index (χ0v) is 13.6. The average molecular weight is 328 g/mol. The molecule has 21 heavy (non-hydrogen) atoms. The van der Waals surface area contributed by atoms with Gasteiger partial charge in [-0.1, -0.05) is 48.9 Å². The number of benzene rings is 1. The van der Waals surface area contributed by atoms with Gasteiger partial charge in [0.1, 0.15) is 5.15 Å². The molecule has 0 saturated heterocycles. The normalized spacial score (nSPS) is 12.0. The highest BCUT2D eigenvalue weighted by atomic mass is 35.5. The molecule has 0 fully saturated rings. The molecule has 0 unspecified atom stereocenters. The van der Waals surface area contributed by atoms with Crippen LogP contribution < -0.4 is 0 Å². The topological polar surface area (TPSA) is 55.2 Å². The Bertz CT molecular complexity index is 698. The van der Waals surface area contributed by atoms with Gasteiger partial charge >= 0.3 is 0 Å². The third-order valence-corrected chi connectivity index (χ3v) is 5.73. The summed E-state index contributed by atoms with van der Waals surface area (Å²) in [5.74, 6) is 0. The molecule has 0 aliphatic heterocycles. The number of likely N-dealkylation sites (N-methyl/N-ethyl adjacent to an activating group) is 1. The van der Waals surface area contributed by atoms with Crippen molar-refractivity contribution >= 4 is 21.6 Å². The monoisotopic (exact) mass is 327 g/mol. The predicted molar refractivity (Wildman–Crippen MR) is 82.8 cm³/mol. The first kappa shape index (κ1) is 16.0. The molecule has 0 N–H and O–H groups in total. The summed E-state index contributed by atoms with van der Waals surface area (Å²) in [5.41, 5.74) is 1.10. The molecule has 0 saturated carbocycles. The first-order valence-electron chi connectivity index (χ1n) is 6.67. The van der Waals surface area contributed by atoms with Crippen LogP contribution in [0.5, 0.6) is 0 Å². The van der Waals surface area contributed by atoms with Crippen molar-refractivity contribution in [2.45, 2.75) is 18.4 Å². The Labute approximate surface area is 130 Å². The van der Waals surface area contributed by atoms with Crippen LogP contribution in [0, 0.1) is 0 Å². The summed E-state index contributed by atoms with van der Waals surface area (Å²) in [6.07, 6.45) is 2.05. The Hall–Kier alpha value is -1.37. The fourth-order valence-corrected chi connectivity index (χ4v) is 3.87. The van der Waals surface area contributed by atoms with Crippen LogP contribution in [0.15, 0.2) is 41.7 Å². The second-order valence-corrected chi connectivity index (χ2v) is 6.89. The van der Waals surface area contributed by atoms with Gasteiger partial charge in [0.2, 0.25) is 5.03 Å². The number of rotatable bonds is 6. The molecule has 2 rings (SSSR count). The molecule has 0 radical (unpaired) electrons. The molecule has 2 aromatic rings. The summed E-state index contributed by atoms with van der Waals surface area (Å²) in [6, 6.07) is 9.78. The fraction of sp³-hybridized carbons (Fsp3) is 0.357. The van der Waals surface area contributed by atoms with Crippen molar-refractivity contribution < 1.29 is 8.42 Å². The van der Waals surface area contributed by atoms with E-state index in [9.17, 15) is 8.42 Å². The van der Waals surface area contributed by atoms with E-state index in [0.29, 0.717) is 19.5 Å². The lowest BCUT2D eigenvalue weighted by Gasteiger charge is -2.19. The summed E-state index contributed by atoms with van der Waals surface area (Å²) in [5, 5.41) is 0.0507. The third kappa shape index (κ3) is 3.45. The molecular weight excluding hydrogens is 310 g/mol. The van der Waals surface area contributed by atoms with Crippen molar-refractivity contribution in [3.63, 3.8) is 0 Å². The number of hydrogen-bond donors (Lipinski definition) is 0. The quantitative estimate of drug-likeness (QED) is 0.818. The molecule has 1 aromatic heterocycles. The van der Waals surface area contributed by atoms with E-state index in [-0.39, 0.29) is 10.2 Å². The van der Waals surface area contributed by atoms with E-state index in [1.54, 1.807) is 14.0 Å². The highest BCUT2D eigenvalue weighted by Gasteiger charge is 2.28. The standard InChI is InChI=1S/C14H18ClN3O2S/c1-3-18(10-9-12-7-5-4-6-8-12)21(19,20)14-13(15)17(2)11-16-14/h4-8,11H,3,9-10H2,1-2H3. The van der Waals surface area contributed by atoms with E-state index in [4.69, 9.17) is 11.6 Å². The Morgan fingerprint density at radius 1 is 1.29 bits per heavy atom. The highest BCUT2D eigenvalue weighted by molar-refractivity contribution is 7.89. The van der Waals surface area contributed by atoms with E-state index in [0.717, 1.165) is 5.56 Å². The Morgan fingerprint density at radius 2 is 1.95 bits per heavy atom. The number of sulfonamides is 1. The van der Waals surface area contributed by atoms with Crippen LogP contribution in [0.1, 0.15) is 12.5 Å². The maximum absolute atomic E-state index is 12.6. The molecule has 0 atom stereocenters. The van der Waals surface area contributed by atoms with Gasteiger partial charge < -0.3 is 4.57 Å². The van der Waals surface area contributed by atoms with Gasteiger partial charge in [0, 0.05) is 20.1 Å². The molecule has 1 aromatic carbocycles. The SMILES string of the molecule is CCN(CCc1ccccc1)S(=O)(=O)c1ncn(C)c1Cl.